The Bertz CT molecular complexity index is 1590. The van der Waals surface area contributed by atoms with Crippen LogP contribution in [0, 0.1) is 20.8 Å². The molecule has 0 radical (unpaired) electrons. The number of fused-ring (bicyclic) bond motifs is 1. The van der Waals surface area contributed by atoms with Crippen molar-refractivity contribution in [1.29, 1.82) is 0 Å². The summed E-state index contributed by atoms with van der Waals surface area (Å²) in [6.45, 7) is 13.0. The Morgan fingerprint density at radius 3 is 2.37 bits per heavy atom. The number of aromatic nitrogens is 2. The van der Waals surface area contributed by atoms with Crippen LogP contribution in [0.5, 0.6) is 0 Å². The number of anilines is 1. The van der Waals surface area contributed by atoms with Gasteiger partial charge in [0.25, 0.3) is 0 Å². The highest BCUT2D eigenvalue weighted by Crippen LogP contribution is 2.49. The van der Waals surface area contributed by atoms with Crippen LogP contribution in [0.3, 0.4) is 0 Å². The van der Waals surface area contributed by atoms with Crippen LogP contribution in [0.2, 0.25) is 0 Å². The van der Waals surface area contributed by atoms with E-state index in [-0.39, 0.29) is 34.8 Å². The summed E-state index contributed by atoms with van der Waals surface area (Å²) < 4.78 is 1.91. The normalized spacial score (nSPS) is 15.4. The van der Waals surface area contributed by atoms with Gasteiger partial charge in [0, 0.05) is 17.5 Å². The summed E-state index contributed by atoms with van der Waals surface area (Å²) in [5.74, 6) is 0.627. The van der Waals surface area contributed by atoms with Gasteiger partial charge in [-0.15, -0.1) is 11.8 Å². The van der Waals surface area contributed by atoms with Gasteiger partial charge < -0.3 is 5.32 Å². The number of amides is 2. The molecule has 1 atom stereocenters. The third-order valence-electron chi connectivity index (χ3n) is 7.49. The average molecular weight is 567 g/mol. The summed E-state index contributed by atoms with van der Waals surface area (Å²) in [4.78, 5) is 28.9. The van der Waals surface area contributed by atoms with Crippen LogP contribution in [-0.4, -0.2) is 33.9 Å². The van der Waals surface area contributed by atoms with Crippen molar-refractivity contribution in [3.8, 4) is 5.69 Å². The molecular formula is C34H38N4O2S. The van der Waals surface area contributed by atoms with Crippen molar-refractivity contribution in [3.05, 3.63) is 112 Å². The van der Waals surface area contributed by atoms with Crippen molar-refractivity contribution in [3.63, 3.8) is 0 Å². The maximum atomic E-state index is 13.9. The second-order valence-corrected chi connectivity index (χ2v) is 12.9. The standard InChI is InChI=1S/C34H38N4O2S/c1-22-16-17-27(24(3)18-22)38-33-30(32(36-38)34(4,5)6)31(26-15-11-10-12-23(26)2)41-21-29(40)37(33)20-28(39)35-19-25-13-8-7-9-14-25/h7-18,31H,19-21H2,1-6H3,(H,35,39). The molecule has 4 aromatic rings. The van der Waals surface area contributed by atoms with Gasteiger partial charge in [-0.25, -0.2) is 4.68 Å². The molecule has 7 heteroatoms. The molecule has 5 rings (SSSR count). The highest BCUT2D eigenvalue weighted by atomic mass is 32.2. The molecule has 1 aliphatic heterocycles. The fourth-order valence-electron chi connectivity index (χ4n) is 5.41. The van der Waals surface area contributed by atoms with E-state index in [1.54, 1.807) is 16.7 Å². The molecule has 41 heavy (non-hydrogen) atoms. The van der Waals surface area contributed by atoms with Gasteiger partial charge >= 0.3 is 0 Å². The van der Waals surface area contributed by atoms with Crippen molar-refractivity contribution in [2.45, 2.75) is 58.8 Å². The summed E-state index contributed by atoms with van der Waals surface area (Å²) >= 11 is 1.61. The summed E-state index contributed by atoms with van der Waals surface area (Å²) in [5.41, 5.74) is 8.07. The quantitative estimate of drug-likeness (QED) is 0.286. The van der Waals surface area contributed by atoms with Crippen molar-refractivity contribution in [1.82, 2.24) is 15.1 Å². The molecule has 0 aliphatic carbocycles. The minimum Gasteiger partial charge on any atom is -0.350 e. The van der Waals surface area contributed by atoms with Crippen LogP contribution in [0.4, 0.5) is 5.82 Å². The second-order valence-electron chi connectivity index (χ2n) is 11.8. The number of carbonyl (C=O) groups excluding carboxylic acids is 2. The number of aryl methyl sites for hydroxylation is 3. The zero-order valence-electron chi connectivity index (χ0n) is 24.7. The van der Waals surface area contributed by atoms with Gasteiger partial charge in [-0.05, 0) is 49.1 Å². The van der Waals surface area contributed by atoms with E-state index in [0.717, 1.165) is 44.8 Å². The van der Waals surface area contributed by atoms with E-state index in [1.165, 1.54) is 0 Å². The predicted octanol–water partition coefficient (Wildman–Crippen LogP) is 6.58. The zero-order chi connectivity index (χ0) is 29.3. The SMILES string of the molecule is Cc1ccc(-n2nc(C(C)(C)C)c3c2N(CC(=O)NCc2ccccc2)C(=O)CSC3c2ccccc2C)c(C)c1. The number of carbonyl (C=O) groups is 2. The van der Waals surface area contributed by atoms with E-state index >= 15 is 0 Å². The zero-order valence-corrected chi connectivity index (χ0v) is 25.5. The molecule has 1 aliphatic rings. The first-order valence-corrected chi connectivity index (χ1v) is 15.1. The first-order chi connectivity index (χ1) is 19.5. The van der Waals surface area contributed by atoms with Crippen molar-refractivity contribution < 1.29 is 9.59 Å². The molecule has 2 heterocycles. The van der Waals surface area contributed by atoms with Gasteiger partial charge in [0.15, 0.2) is 0 Å². The van der Waals surface area contributed by atoms with Gasteiger partial charge in [0.2, 0.25) is 11.8 Å². The first-order valence-electron chi connectivity index (χ1n) is 14.0. The highest BCUT2D eigenvalue weighted by Gasteiger charge is 2.40. The minimum absolute atomic E-state index is 0.0834. The Balaban J connectivity index is 1.69. The first kappa shape index (κ1) is 28.7. The Labute approximate surface area is 247 Å². The number of nitrogens with one attached hydrogen (secondary N) is 1. The Morgan fingerprint density at radius 2 is 1.68 bits per heavy atom. The maximum absolute atomic E-state index is 13.9. The number of hydrogen-bond acceptors (Lipinski definition) is 4. The van der Waals surface area contributed by atoms with E-state index in [9.17, 15) is 9.59 Å². The monoisotopic (exact) mass is 566 g/mol. The van der Waals surface area contributed by atoms with Crippen molar-refractivity contribution in [2.24, 2.45) is 0 Å². The molecule has 0 fully saturated rings. The fourth-order valence-corrected chi connectivity index (χ4v) is 6.70. The van der Waals surface area contributed by atoms with E-state index < -0.39 is 0 Å². The Morgan fingerprint density at radius 1 is 0.976 bits per heavy atom. The van der Waals surface area contributed by atoms with Crippen molar-refractivity contribution >= 4 is 29.4 Å². The molecule has 0 bridgehead atoms. The lowest BCUT2D eigenvalue weighted by molar-refractivity contribution is -0.123. The summed E-state index contributed by atoms with van der Waals surface area (Å²) in [7, 11) is 0. The smallest absolute Gasteiger partial charge is 0.240 e. The summed E-state index contributed by atoms with van der Waals surface area (Å²) in [6, 6.07) is 24.4. The molecular weight excluding hydrogens is 528 g/mol. The van der Waals surface area contributed by atoms with Gasteiger partial charge in [-0.2, -0.15) is 5.10 Å². The molecule has 212 valence electrons. The average Bonchev–Trinajstić information content (AvgIpc) is 3.26. The number of benzene rings is 3. The van der Waals surface area contributed by atoms with Gasteiger partial charge in [0.05, 0.1) is 22.4 Å². The molecule has 1 aromatic heterocycles. The third kappa shape index (κ3) is 5.96. The molecule has 2 amide bonds. The number of thioether (sulfide) groups is 1. The molecule has 1 unspecified atom stereocenters. The number of hydrogen-bond donors (Lipinski definition) is 1. The van der Waals surface area contributed by atoms with Crippen LogP contribution in [-0.2, 0) is 21.5 Å². The largest absolute Gasteiger partial charge is 0.350 e. The molecule has 6 nitrogen and oxygen atoms in total. The fraction of sp³-hybridized carbons (Fsp3) is 0.324. The lowest BCUT2D eigenvalue weighted by Crippen LogP contribution is -2.42. The van der Waals surface area contributed by atoms with E-state index in [0.29, 0.717) is 12.4 Å². The van der Waals surface area contributed by atoms with E-state index in [1.807, 2.05) is 41.1 Å². The van der Waals surface area contributed by atoms with Gasteiger partial charge in [-0.3, -0.25) is 14.5 Å². The summed E-state index contributed by atoms with van der Waals surface area (Å²) in [6.07, 6.45) is 0. The highest BCUT2D eigenvalue weighted by molar-refractivity contribution is 8.00. The van der Waals surface area contributed by atoms with E-state index in [4.69, 9.17) is 5.10 Å². The second kappa shape index (κ2) is 11.6. The van der Waals surface area contributed by atoms with Gasteiger partial charge in [-0.1, -0.05) is 93.1 Å². The maximum Gasteiger partial charge on any atom is 0.240 e. The molecule has 0 spiro atoms. The number of rotatable bonds is 6. The number of nitrogens with zero attached hydrogens (tertiary/aromatic N) is 3. The minimum atomic E-state index is -0.302. The molecule has 0 saturated carbocycles. The molecule has 1 N–H and O–H groups in total. The van der Waals surface area contributed by atoms with E-state index in [2.05, 4.69) is 83.3 Å². The lowest BCUT2D eigenvalue weighted by Gasteiger charge is -2.25. The van der Waals surface area contributed by atoms with Crippen LogP contribution in [0.15, 0.2) is 72.8 Å². The lowest BCUT2D eigenvalue weighted by atomic mass is 9.86. The van der Waals surface area contributed by atoms with Crippen molar-refractivity contribution in [2.75, 3.05) is 17.2 Å². The predicted molar refractivity (Wildman–Crippen MR) is 168 cm³/mol. The van der Waals surface area contributed by atoms with Crippen LogP contribution >= 0.6 is 11.8 Å². The van der Waals surface area contributed by atoms with Crippen LogP contribution in [0.1, 0.15) is 65.1 Å². The molecule has 3 aromatic carbocycles. The third-order valence-corrected chi connectivity index (χ3v) is 8.72. The van der Waals surface area contributed by atoms with Gasteiger partial charge in [0.1, 0.15) is 12.4 Å². The Kier molecular flexibility index (Phi) is 8.09. The summed E-state index contributed by atoms with van der Waals surface area (Å²) in [5, 5.41) is 8.14. The Hall–Kier alpha value is -3.84. The topological polar surface area (TPSA) is 67.2 Å². The van der Waals surface area contributed by atoms with Crippen LogP contribution < -0.4 is 10.2 Å². The van der Waals surface area contributed by atoms with Crippen LogP contribution in [0.25, 0.3) is 5.69 Å². The molecule has 0 saturated heterocycles.